The number of likely N-dealkylation sites (tertiary alicyclic amines) is 1. The molecule has 1 aliphatic carbocycles. The van der Waals surface area contributed by atoms with Crippen LogP contribution < -0.4 is 0 Å². The van der Waals surface area contributed by atoms with Crippen LogP contribution in [0.4, 0.5) is 0 Å². The molecular formula is C30H33N5O. The Morgan fingerprint density at radius 1 is 1.11 bits per heavy atom. The Morgan fingerprint density at radius 3 is 2.53 bits per heavy atom. The van der Waals surface area contributed by atoms with Crippen LogP contribution in [0.15, 0.2) is 36.4 Å². The van der Waals surface area contributed by atoms with E-state index in [2.05, 4.69) is 49.0 Å². The first kappa shape index (κ1) is 23.0. The Labute approximate surface area is 213 Å². The first-order valence-corrected chi connectivity index (χ1v) is 13.1. The molecule has 6 rings (SSSR count). The van der Waals surface area contributed by atoms with Crippen molar-refractivity contribution in [1.82, 2.24) is 19.8 Å². The molecule has 0 bridgehead atoms. The minimum absolute atomic E-state index is 0.100. The zero-order chi connectivity index (χ0) is 25.0. The first-order valence-electron chi connectivity index (χ1n) is 13.1. The highest BCUT2D eigenvalue weighted by atomic mass is 16.2. The summed E-state index contributed by atoms with van der Waals surface area (Å²) in [6.45, 7) is 7.63. The van der Waals surface area contributed by atoms with Crippen LogP contribution in [0.25, 0.3) is 11.4 Å². The molecule has 1 amide bonds. The van der Waals surface area contributed by atoms with Crippen molar-refractivity contribution in [2.45, 2.75) is 57.4 Å². The lowest BCUT2D eigenvalue weighted by Crippen LogP contribution is -2.48. The van der Waals surface area contributed by atoms with Crippen LogP contribution in [-0.2, 0) is 6.54 Å². The highest BCUT2D eigenvalue weighted by Crippen LogP contribution is 2.43. The monoisotopic (exact) mass is 479 g/mol. The van der Waals surface area contributed by atoms with Gasteiger partial charge in [-0.1, -0.05) is 31.5 Å². The third-order valence-corrected chi connectivity index (χ3v) is 8.40. The highest BCUT2D eigenvalue weighted by Gasteiger charge is 2.34. The Bertz CT molecular complexity index is 1360. The van der Waals surface area contributed by atoms with Crippen LogP contribution in [0.2, 0.25) is 0 Å². The van der Waals surface area contributed by atoms with Gasteiger partial charge in [0.1, 0.15) is 5.82 Å². The molecule has 36 heavy (non-hydrogen) atoms. The number of likely N-dealkylation sites (N-methyl/N-ethyl adjacent to an activating group) is 1. The van der Waals surface area contributed by atoms with E-state index in [0.29, 0.717) is 36.4 Å². The van der Waals surface area contributed by atoms with Crippen molar-refractivity contribution >= 4 is 5.91 Å². The number of carbonyl (C=O) groups is 1. The van der Waals surface area contributed by atoms with Gasteiger partial charge in [0.2, 0.25) is 0 Å². The fraction of sp³-hybridized carbons (Fsp3) is 0.433. The van der Waals surface area contributed by atoms with Crippen LogP contribution in [0.5, 0.6) is 0 Å². The second-order valence-corrected chi connectivity index (χ2v) is 11.1. The number of fused-ring (bicyclic) bond motifs is 1. The van der Waals surface area contributed by atoms with E-state index in [1.807, 2.05) is 29.2 Å². The van der Waals surface area contributed by atoms with E-state index in [0.717, 1.165) is 35.6 Å². The molecule has 2 aromatic carbocycles. The minimum atomic E-state index is 0.100. The molecule has 1 atom stereocenters. The smallest absolute Gasteiger partial charge is 0.254 e. The maximum Gasteiger partial charge on any atom is 0.254 e. The van der Waals surface area contributed by atoms with Gasteiger partial charge < -0.3 is 9.88 Å². The summed E-state index contributed by atoms with van der Waals surface area (Å²) in [5.74, 6) is 2.28. The number of benzene rings is 2. The molecule has 0 spiro atoms. The summed E-state index contributed by atoms with van der Waals surface area (Å²) in [5, 5.41) is 9.04. The fourth-order valence-electron chi connectivity index (χ4n) is 6.05. The number of aryl methyl sites for hydroxylation is 1. The van der Waals surface area contributed by atoms with Crippen molar-refractivity contribution in [3.63, 3.8) is 0 Å². The highest BCUT2D eigenvalue weighted by molar-refractivity contribution is 5.97. The number of nitriles is 1. The Morgan fingerprint density at radius 2 is 1.86 bits per heavy atom. The van der Waals surface area contributed by atoms with Crippen molar-refractivity contribution in [3.05, 3.63) is 75.6 Å². The molecule has 3 aromatic rings. The van der Waals surface area contributed by atoms with E-state index < -0.39 is 0 Å². The van der Waals surface area contributed by atoms with Crippen LogP contribution >= 0.6 is 0 Å². The lowest BCUT2D eigenvalue weighted by Gasteiger charge is -2.40. The zero-order valence-corrected chi connectivity index (χ0v) is 21.3. The third-order valence-electron chi connectivity index (χ3n) is 8.40. The van der Waals surface area contributed by atoms with Crippen LogP contribution in [-0.4, -0.2) is 52.4 Å². The molecule has 1 saturated heterocycles. The van der Waals surface area contributed by atoms with Crippen molar-refractivity contribution < 1.29 is 4.79 Å². The van der Waals surface area contributed by atoms with Gasteiger partial charge in [0, 0.05) is 49.1 Å². The van der Waals surface area contributed by atoms with E-state index in [1.165, 1.54) is 41.8 Å². The average Bonchev–Trinajstić information content (AvgIpc) is 3.21. The van der Waals surface area contributed by atoms with Gasteiger partial charge in [0.25, 0.3) is 5.91 Å². The second kappa shape index (κ2) is 8.90. The van der Waals surface area contributed by atoms with Gasteiger partial charge in [-0.25, -0.2) is 4.98 Å². The molecular weight excluding hydrogens is 446 g/mol. The number of rotatable bonds is 4. The summed E-state index contributed by atoms with van der Waals surface area (Å²) in [5.41, 5.74) is 8.50. The Kier molecular flexibility index (Phi) is 5.69. The number of H-pyrrole nitrogens is 1. The number of nitrogens with zero attached hydrogens (tertiary/aromatic N) is 4. The standard InChI is InChI=1S/C30H33N5O/c1-18-11-25(22-5-4-6-22)26(29-32-27-17-34(3)14-19(2)28(27)33-29)12-24(18)30(36)35-15-23(16-35)21-9-7-20(13-31)8-10-21/h7-12,19,22-23H,4-6,14-17H2,1-3H3,(H,32,33). The van der Waals surface area contributed by atoms with E-state index >= 15 is 0 Å². The molecule has 2 fully saturated rings. The molecule has 3 aliphatic rings. The second-order valence-electron chi connectivity index (χ2n) is 11.1. The molecule has 184 valence electrons. The maximum absolute atomic E-state index is 13.6. The fourth-order valence-corrected chi connectivity index (χ4v) is 6.05. The van der Waals surface area contributed by atoms with E-state index in [-0.39, 0.29) is 5.91 Å². The summed E-state index contributed by atoms with van der Waals surface area (Å²) < 4.78 is 0. The molecule has 3 heterocycles. The summed E-state index contributed by atoms with van der Waals surface area (Å²) in [6.07, 6.45) is 3.68. The molecule has 6 heteroatoms. The molecule has 1 aromatic heterocycles. The van der Waals surface area contributed by atoms with Crippen LogP contribution in [0.1, 0.15) is 87.9 Å². The quantitative estimate of drug-likeness (QED) is 0.550. The number of nitrogens with one attached hydrogen (secondary N) is 1. The number of amides is 1. The number of carbonyl (C=O) groups excluding carboxylic acids is 1. The minimum Gasteiger partial charge on any atom is -0.341 e. The number of aromatic nitrogens is 2. The number of hydrogen-bond acceptors (Lipinski definition) is 4. The largest absolute Gasteiger partial charge is 0.341 e. The third kappa shape index (κ3) is 3.92. The summed E-state index contributed by atoms with van der Waals surface area (Å²) in [7, 11) is 2.15. The number of imidazole rings is 1. The molecule has 1 saturated carbocycles. The van der Waals surface area contributed by atoms with Gasteiger partial charge in [0.05, 0.1) is 23.0 Å². The number of hydrogen-bond donors (Lipinski definition) is 1. The van der Waals surface area contributed by atoms with Gasteiger partial charge in [-0.3, -0.25) is 9.69 Å². The van der Waals surface area contributed by atoms with Gasteiger partial charge in [0.15, 0.2) is 0 Å². The van der Waals surface area contributed by atoms with Crippen LogP contribution in [0.3, 0.4) is 0 Å². The molecule has 1 N–H and O–H groups in total. The number of aromatic amines is 1. The van der Waals surface area contributed by atoms with Crippen molar-refractivity contribution in [2.75, 3.05) is 26.7 Å². The average molecular weight is 480 g/mol. The van der Waals surface area contributed by atoms with Gasteiger partial charge in [-0.2, -0.15) is 5.26 Å². The lowest BCUT2D eigenvalue weighted by molar-refractivity contribution is 0.0601. The van der Waals surface area contributed by atoms with Gasteiger partial charge in [-0.15, -0.1) is 0 Å². The predicted octanol–water partition coefficient (Wildman–Crippen LogP) is 5.31. The van der Waals surface area contributed by atoms with Gasteiger partial charge in [-0.05, 0) is 67.6 Å². The Hall–Kier alpha value is -3.43. The zero-order valence-electron chi connectivity index (χ0n) is 21.3. The Balaban J connectivity index is 1.29. The van der Waals surface area contributed by atoms with Gasteiger partial charge >= 0.3 is 0 Å². The molecule has 6 nitrogen and oxygen atoms in total. The van der Waals surface area contributed by atoms with Crippen LogP contribution in [0, 0.1) is 18.3 Å². The summed E-state index contributed by atoms with van der Waals surface area (Å²) >= 11 is 0. The SMILES string of the molecule is Cc1cc(C2CCC2)c(-c2nc3c([nH]2)CN(C)CC3C)cc1C(=O)N1CC(c2ccc(C#N)cc2)C1. The lowest BCUT2D eigenvalue weighted by atomic mass is 9.77. The summed E-state index contributed by atoms with van der Waals surface area (Å²) in [4.78, 5) is 26.6. The van der Waals surface area contributed by atoms with Crippen molar-refractivity contribution in [2.24, 2.45) is 0 Å². The molecule has 2 aliphatic heterocycles. The molecule has 1 unspecified atom stereocenters. The van der Waals surface area contributed by atoms with Crippen molar-refractivity contribution in [3.8, 4) is 17.5 Å². The molecule has 0 radical (unpaired) electrons. The first-order chi connectivity index (χ1) is 17.4. The van der Waals surface area contributed by atoms with E-state index in [1.54, 1.807) is 0 Å². The van der Waals surface area contributed by atoms with E-state index in [9.17, 15) is 4.79 Å². The summed E-state index contributed by atoms with van der Waals surface area (Å²) in [6, 6.07) is 14.3. The van der Waals surface area contributed by atoms with E-state index in [4.69, 9.17) is 10.2 Å². The predicted molar refractivity (Wildman–Crippen MR) is 140 cm³/mol. The van der Waals surface area contributed by atoms with Crippen molar-refractivity contribution in [1.29, 1.82) is 5.26 Å². The topological polar surface area (TPSA) is 76.0 Å². The normalized spacial score (nSPS) is 20.4. The maximum atomic E-state index is 13.6.